The fourth-order valence-electron chi connectivity index (χ4n) is 0.861. The highest BCUT2D eigenvalue weighted by Gasteiger charge is 2.19. The minimum absolute atomic E-state index is 0. The summed E-state index contributed by atoms with van der Waals surface area (Å²) in [4.78, 5) is 34.5. The number of hydrogen-bond acceptors (Lipinski definition) is 5. The van der Waals surface area contributed by atoms with E-state index in [-0.39, 0.29) is 14.8 Å². The molecular weight excluding hydrogens is 237 g/mol. The van der Waals surface area contributed by atoms with Gasteiger partial charge in [-0.15, -0.1) is 0 Å². The lowest BCUT2D eigenvalue weighted by Crippen LogP contribution is -2.39. The third-order valence-corrected chi connectivity index (χ3v) is 2.27. The Morgan fingerprint density at radius 2 is 1.94 bits per heavy atom. The van der Waals surface area contributed by atoms with Crippen molar-refractivity contribution in [1.82, 2.24) is 5.32 Å². The summed E-state index contributed by atoms with van der Waals surface area (Å²) in [6.45, 7) is 4.09. The van der Waals surface area contributed by atoms with Gasteiger partial charge < -0.3 is 29.7 Å². The van der Waals surface area contributed by atoms with Crippen molar-refractivity contribution >= 4 is 13.8 Å². The van der Waals surface area contributed by atoms with Crippen molar-refractivity contribution in [3.63, 3.8) is 0 Å². The van der Waals surface area contributed by atoms with Gasteiger partial charge in [-0.1, -0.05) is 6.92 Å². The van der Waals surface area contributed by atoms with Crippen LogP contribution in [-0.2, 0) is 9.36 Å². The first-order valence-corrected chi connectivity index (χ1v) is 6.19. The van der Waals surface area contributed by atoms with Crippen LogP contribution < -0.4 is 15.1 Å². The molecule has 0 heterocycles. The van der Waals surface area contributed by atoms with Gasteiger partial charge in [0.25, 0.3) is 0 Å². The van der Waals surface area contributed by atoms with Crippen LogP contribution in [0.3, 0.4) is 0 Å². The molecule has 0 radical (unpaired) electrons. The topological polar surface area (TPSA) is 133 Å². The molecule has 98 valence electrons. The number of phosphoric acid groups is 1. The second-order valence-corrected chi connectivity index (χ2v) is 4.46. The van der Waals surface area contributed by atoms with Gasteiger partial charge in [-0.05, 0) is 26.8 Å². The van der Waals surface area contributed by atoms with Crippen LogP contribution >= 0.6 is 7.82 Å². The lowest BCUT2D eigenvalue weighted by Gasteiger charge is -2.26. The van der Waals surface area contributed by atoms with Gasteiger partial charge >= 0.3 is 8.82 Å². The van der Waals surface area contributed by atoms with Crippen molar-refractivity contribution in [2.75, 3.05) is 7.05 Å². The van der Waals surface area contributed by atoms with E-state index in [0.29, 0.717) is 6.42 Å². The molecule has 0 aromatic heterocycles. The minimum Gasteiger partial charge on any atom is -0.790 e. The largest absolute Gasteiger partial charge is 1.00 e. The molecule has 8 heteroatoms. The van der Waals surface area contributed by atoms with Crippen molar-refractivity contribution < 1.29 is 32.0 Å². The zero-order valence-corrected chi connectivity index (χ0v) is 10.5. The van der Waals surface area contributed by atoms with Crippen LogP contribution in [0.15, 0.2) is 0 Å². The third kappa shape index (κ3) is 16.0. The Balaban J connectivity index is -0.000000122. The minimum atomic E-state index is -5.14. The molecule has 3 N–H and O–H groups in total. The third-order valence-electron chi connectivity index (χ3n) is 2.27. The summed E-state index contributed by atoms with van der Waals surface area (Å²) in [5.41, 5.74) is -0.0155. The van der Waals surface area contributed by atoms with Gasteiger partial charge in [0.2, 0.25) is 0 Å². The molecule has 0 aromatic carbocycles. The Morgan fingerprint density at radius 3 is 2.12 bits per heavy atom. The summed E-state index contributed by atoms with van der Waals surface area (Å²) in [6, 6.07) is 0. The van der Waals surface area contributed by atoms with Gasteiger partial charge in [-0.2, -0.15) is 0 Å². The molecular formula is C8H20NO6P. The first kappa shape index (κ1) is 17.9. The molecule has 0 aliphatic rings. The normalized spacial score (nSPS) is 14.6. The Hall–Kier alpha value is -0.460. The fraction of sp³-hybridized carbons (Fsp3) is 0.875. The predicted octanol–water partition coefficient (Wildman–Crippen LogP) is -0.728. The molecule has 0 bridgehead atoms. The quantitative estimate of drug-likeness (QED) is 0.553. The van der Waals surface area contributed by atoms with E-state index < -0.39 is 13.8 Å². The average molecular weight is 257 g/mol. The van der Waals surface area contributed by atoms with E-state index in [4.69, 9.17) is 24.4 Å². The van der Waals surface area contributed by atoms with Gasteiger partial charge in [0.05, 0.1) is 7.82 Å². The van der Waals surface area contributed by atoms with E-state index in [0.717, 1.165) is 6.42 Å². The van der Waals surface area contributed by atoms with Gasteiger partial charge in [-0.3, -0.25) is 4.79 Å². The van der Waals surface area contributed by atoms with Crippen molar-refractivity contribution in [3.05, 3.63) is 0 Å². The maximum Gasteiger partial charge on any atom is 1.00 e. The molecule has 0 saturated heterocycles. The summed E-state index contributed by atoms with van der Waals surface area (Å²) in [5, 5.41) is 11.6. The Morgan fingerprint density at radius 1 is 1.56 bits per heavy atom. The van der Waals surface area contributed by atoms with Crippen LogP contribution in [-0.4, -0.2) is 28.6 Å². The number of carboxylic acid groups (broad SMARTS) is 1. The standard InChI is InChI=1S/C8H17NO2.H3O4P/c1-4-8(2,9-3)6-5-7(10)11;1-5(2,3)4/h9H,4-6H2,1-3H3,(H,10,11);(H3,1,2,3,4). The van der Waals surface area contributed by atoms with Crippen LogP contribution in [0, 0.1) is 0 Å². The molecule has 0 aromatic rings. The zero-order valence-electron chi connectivity index (χ0n) is 11.6. The maximum atomic E-state index is 10.3. The van der Waals surface area contributed by atoms with Crippen LogP contribution in [0.25, 0.3) is 0 Å². The highest BCUT2D eigenvalue weighted by molar-refractivity contribution is 7.42. The second kappa shape index (κ2) is 7.76. The van der Waals surface area contributed by atoms with Crippen LogP contribution in [0.2, 0.25) is 0 Å². The average Bonchev–Trinajstić information content (AvgIpc) is 2.11. The number of carbonyl (C=O) groups is 1. The monoisotopic (exact) mass is 257 g/mol. The smallest absolute Gasteiger partial charge is 0.790 e. The SMILES string of the molecule is CCC(C)(CCC(=O)O)NC.O=P([O-])([O-])O.[H+].[H+]. The summed E-state index contributed by atoms with van der Waals surface area (Å²) in [5.74, 6) is -0.722. The molecule has 0 aliphatic heterocycles. The lowest BCUT2D eigenvalue weighted by molar-refractivity contribution is -0.337. The number of nitrogens with one attached hydrogen (secondary N) is 1. The van der Waals surface area contributed by atoms with E-state index >= 15 is 0 Å². The van der Waals surface area contributed by atoms with Gasteiger partial charge in [-0.25, -0.2) is 0 Å². The molecule has 7 nitrogen and oxygen atoms in total. The maximum absolute atomic E-state index is 10.3. The zero-order chi connectivity index (χ0) is 13.4. The molecule has 0 saturated carbocycles. The number of rotatable bonds is 5. The van der Waals surface area contributed by atoms with Crippen molar-refractivity contribution in [2.45, 2.75) is 38.6 Å². The molecule has 0 aliphatic carbocycles. The number of carboxylic acids is 1. The first-order valence-electron chi connectivity index (χ1n) is 4.69. The van der Waals surface area contributed by atoms with E-state index in [1.807, 2.05) is 14.0 Å². The molecule has 1 unspecified atom stereocenters. The van der Waals surface area contributed by atoms with Crippen molar-refractivity contribution in [3.8, 4) is 0 Å². The fourth-order valence-corrected chi connectivity index (χ4v) is 0.861. The summed E-state index contributed by atoms with van der Waals surface area (Å²) in [7, 11) is -3.27. The molecule has 0 fully saturated rings. The Bertz CT molecular complexity index is 248. The van der Waals surface area contributed by atoms with Crippen molar-refractivity contribution in [2.24, 2.45) is 0 Å². The number of aliphatic carboxylic acids is 1. The predicted molar refractivity (Wildman–Crippen MR) is 56.7 cm³/mol. The van der Waals surface area contributed by atoms with Crippen molar-refractivity contribution in [1.29, 1.82) is 0 Å². The van der Waals surface area contributed by atoms with E-state index in [1.165, 1.54) is 0 Å². The molecule has 16 heavy (non-hydrogen) atoms. The molecule has 0 rings (SSSR count). The Kier molecular flexibility index (Phi) is 8.69. The van der Waals surface area contributed by atoms with Crippen LogP contribution in [0.4, 0.5) is 0 Å². The van der Waals surface area contributed by atoms with Crippen LogP contribution in [0.5, 0.6) is 0 Å². The molecule has 1 atom stereocenters. The first-order chi connectivity index (χ1) is 7.04. The van der Waals surface area contributed by atoms with Gasteiger partial charge in [0, 0.05) is 12.0 Å². The lowest BCUT2D eigenvalue weighted by atomic mass is 9.93. The summed E-state index contributed by atoms with van der Waals surface area (Å²) >= 11 is 0. The van der Waals surface area contributed by atoms with E-state index in [1.54, 1.807) is 0 Å². The molecule has 0 amide bonds. The highest BCUT2D eigenvalue weighted by atomic mass is 31.2. The van der Waals surface area contributed by atoms with Crippen LogP contribution in [0.1, 0.15) is 36.0 Å². The summed E-state index contributed by atoms with van der Waals surface area (Å²) in [6.07, 6.45) is 1.89. The highest BCUT2D eigenvalue weighted by Crippen LogP contribution is 2.15. The van der Waals surface area contributed by atoms with E-state index in [2.05, 4.69) is 12.2 Å². The second-order valence-electron chi connectivity index (χ2n) is 3.53. The van der Waals surface area contributed by atoms with Gasteiger partial charge in [0.15, 0.2) is 0 Å². The van der Waals surface area contributed by atoms with E-state index in [9.17, 15) is 4.79 Å². The Labute approximate surface area is 97.7 Å². The molecule has 0 spiro atoms. The number of hydrogen-bond donors (Lipinski definition) is 3. The van der Waals surface area contributed by atoms with Gasteiger partial charge in [0.1, 0.15) is 0 Å². The summed E-state index contributed by atoms with van der Waals surface area (Å²) < 4.78 is 8.66.